The summed E-state index contributed by atoms with van der Waals surface area (Å²) in [4.78, 5) is 34.3. The van der Waals surface area contributed by atoms with Crippen LogP contribution in [0.3, 0.4) is 0 Å². The minimum Gasteiger partial charge on any atom is -0.481 e. The second kappa shape index (κ2) is 5.20. The molecule has 2 fully saturated rings. The van der Waals surface area contributed by atoms with Crippen LogP contribution in [-0.4, -0.2) is 22.9 Å². The van der Waals surface area contributed by atoms with Crippen molar-refractivity contribution < 1.29 is 19.5 Å². The van der Waals surface area contributed by atoms with Gasteiger partial charge in [-0.1, -0.05) is 6.07 Å². The maximum Gasteiger partial charge on any atom is 0.307 e. The van der Waals surface area contributed by atoms with Crippen LogP contribution in [0, 0.1) is 17.8 Å². The fourth-order valence-corrected chi connectivity index (χ4v) is 2.26. The van der Waals surface area contributed by atoms with Gasteiger partial charge >= 0.3 is 5.97 Å². The number of carboxylic acids is 1. The molecule has 2 saturated carbocycles. The summed E-state index contributed by atoms with van der Waals surface area (Å²) in [6.45, 7) is 0. The van der Waals surface area contributed by atoms with Crippen molar-refractivity contribution in [1.29, 1.82) is 0 Å². The van der Waals surface area contributed by atoms with E-state index in [1.165, 1.54) is 0 Å². The number of amides is 2. The van der Waals surface area contributed by atoms with Crippen molar-refractivity contribution in [1.82, 2.24) is 0 Å². The minimum absolute atomic E-state index is 0.00612. The first-order valence-corrected chi connectivity index (χ1v) is 6.99. The van der Waals surface area contributed by atoms with E-state index in [0.717, 1.165) is 12.8 Å². The molecule has 0 aliphatic heterocycles. The van der Waals surface area contributed by atoms with Crippen molar-refractivity contribution in [2.75, 3.05) is 10.6 Å². The predicted molar refractivity (Wildman–Crippen MR) is 75.7 cm³/mol. The zero-order valence-corrected chi connectivity index (χ0v) is 11.3. The van der Waals surface area contributed by atoms with Gasteiger partial charge in [-0.2, -0.15) is 0 Å². The second-order valence-corrected chi connectivity index (χ2v) is 5.62. The molecule has 0 saturated heterocycles. The highest BCUT2D eigenvalue weighted by Crippen LogP contribution is 2.39. The lowest BCUT2D eigenvalue weighted by Gasteiger charge is -2.08. The van der Waals surface area contributed by atoms with Gasteiger partial charge in [0.15, 0.2) is 0 Å². The maximum atomic E-state index is 11.9. The Bertz CT molecular complexity index is 609. The zero-order valence-electron chi connectivity index (χ0n) is 11.3. The van der Waals surface area contributed by atoms with Crippen LogP contribution >= 0.6 is 0 Å². The summed E-state index contributed by atoms with van der Waals surface area (Å²) in [6.07, 6.45) is 2.25. The molecule has 6 nitrogen and oxygen atoms in total. The fraction of sp³-hybridized carbons (Fsp3) is 0.400. The van der Waals surface area contributed by atoms with Gasteiger partial charge in [-0.25, -0.2) is 0 Å². The van der Waals surface area contributed by atoms with Gasteiger partial charge in [0.25, 0.3) is 0 Å². The lowest BCUT2D eigenvalue weighted by molar-refractivity contribution is -0.139. The molecule has 0 spiro atoms. The van der Waals surface area contributed by atoms with Gasteiger partial charge in [-0.15, -0.1) is 0 Å². The lowest BCUT2D eigenvalue weighted by atomic mass is 10.2. The molecule has 0 heterocycles. The van der Waals surface area contributed by atoms with Gasteiger partial charge in [0.05, 0.1) is 11.8 Å². The number of anilines is 2. The Balaban J connectivity index is 1.59. The van der Waals surface area contributed by atoms with E-state index < -0.39 is 17.8 Å². The standard InChI is InChI=1S/C15H16N2O4/c18-13(8-4-5-8)16-9-2-1-3-10(6-9)17-14(19)11-7-12(11)15(20)21/h1-3,6,8,11-12H,4-5,7H2,(H,16,18)(H,17,19)(H,20,21)/t11-,12+/m1/s1. The minimum atomic E-state index is -0.930. The number of rotatable bonds is 5. The Morgan fingerprint density at radius 1 is 1.00 bits per heavy atom. The van der Waals surface area contributed by atoms with Crippen molar-refractivity contribution in [3.63, 3.8) is 0 Å². The lowest BCUT2D eigenvalue weighted by Crippen LogP contribution is -2.17. The molecule has 0 unspecified atom stereocenters. The van der Waals surface area contributed by atoms with Gasteiger partial charge in [0, 0.05) is 17.3 Å². The van der Waals surface area contributed by atoms with E-state index in [9.17, 15) is 14.4 Å². The Morgan fingerprint density at radius 2 is 1.62 bits per heavy atom. The number of nitrogens with one attached hydrogen (secondary N) is 2. The average molecular weight is 288 g/mol. The molecule has 1 aromatic carbocycles. The third-order valence-corrected chi connectivity index (χ3v) is 3.79. The molecule has 2 aliphatic carbocycles. The predicted octanol–water partition coefficient (Wildman–Crippen LogP) is 1.69. The van der Waals surface area contributed by atoms with Crippen molar-refractivity contribution in [3.8, 4) is 0 Å². The van der Waals surface area contributed by atoms with Gasteiger partial charge in [0.1, 0.15) is 0 Å². The molecular formula is C15H16N2O4. The largest absolute Gasteiger partial charge is 0.481 e. The molecule has 0 aromatic heterocycles. The summed E-state index contributed by atoms with van der Waals surface area (Å²) in [7, 11) is 0. The molecule has 0 radical (unpaired) electrons. The summed E-state index contributed by atoms with van der Waals surface area (Å²) in [5.41, 5.74) is 1.19. The zero-order chi connectivity index (χ0) is 15.0. The number of carboxylic acid groups (broad SMARTS) is 1. The summed E-state index contributed by atoms with van der Waals surface area (Å²) in [5.74, 6) is -2.11. The van der Waals surface area contributed by atoms with Crippen LogP contribution in [0.15, 0.2) is 24.3 Å². The number of benzene rings is 1. The molecule has 6 heteroatoms. The van der Waals surface area contributed by atoms with Crippen molar-refractivity contribution in [2.45, 2.75) is 19.3 Å². The molecule has 0 bridgehead atoms. The number of hydrogen-bond acceptors (Lipinski definition) is 3. The van der Waals surface area contributed by atoms with E-state index in [-0.39, 0.29) is 17.7 Å². The highest BCUT2D eigenvalue weighted by molar-refractivity contribution is 5.99. The van der Waals surface area contributed by atoms with Crippen molar-refractivity contribution in [3.05, 3.63) is 24.3 Å². The van der Waals surface area contributed by atoms with E-state index in [1.807, 2.05) is 0 Å². The highest BCUT2D eigenvalue weighted by atomic mass is 16.4. The van der Waals surface area contributed by atoms with Gasteiger partial charge in [-0.05, 0) is 37.5 Å². The average Bonchev–Trinajstić information content (AvgIpc) is 3.29. The summed E-state index contributed by atoms with van der Waals surface area (Å²) in [5, 5.41) is 14.3. The molecule has 2 amide bonds. The van der Waals surface area contributed by atoms with Crippen LogP contribution in [-0.2, 0) is 14.4 Å². The molecule has 21 heavy (non-hydrogen) atoms. The first-order chi connectivity index (χ1) is 10.0. The topological polar surface area (TPSA) is 95.5 Å². The van der Waals surface area contributed by atoms with Gasteiger partial charge in [0.2, 0.25) is 11.8 Å². The molecule has 2 atom stereocenters. The van der Waals surface area contributed by atoms with Crippen molar-refractivity contribution in [2.24, 2.45) is 17.8 Å². The van der Waals surface area contributed by atoms with Crippen LogP contribution in [0.5, 0.6) is 0 Å². The Kier molecular flexibility index (Phi) is 3.37. The number of hydrogen-bond donors (Lipinski definition) is 3. The highest BCUT2D eigenvalue weighted by Gasteiger charge is 2.48. The van der Waals surface area contributed by atoms with E-state index in [2.05, 4.69) is 10.6 Å². The van der Waals surface area contributed by atoms with E-state index in [0.29, 0.717) is 17.8 Å². The fourth-order valence-electron chi connectivity index (χ4n) is 2.26. The smallest absolute Gasteiger partial charge is 0.307 e. The van der Waals surface area contributed by atoms with E-state index in [4.69, 9.17) is 5.11 Å². The Labute approximate surface area is 121 Å². The number of carbonyl (C=O) groups is 3. The van der Waals surface area contributed by atoms with E-state index in [1.54, 1.807) is 24.3 Å². The quantitative estimate of drug-likeness (QED) is 0.768. The Hall–Kier alpha value is -2.37. The SMILES string of the molecule is O=C(Nc1cccc(NC(=O)[C@@H]2C[C@@H]2C(=O)O)c1)C1CC1. The first kappa shape index (κ1) is 13.6. The second-order valence-electron chi connectivity index (χ2n) is 5.62. The first-order valence-electron chi connectivity index (χ1n) is 6.99. The Morgan fingerprint density at radius 3 is 2.14 bits per heavy atom. The summed E-state index contributed by atoms with van der Waals surface area (Å²) in [6, 6.07) is 6.88. The molecule has 110 valence electrons. The number of carbonyl (C=O) groups excluding carboxylic acids is 2. The third-order valence-electron chi connectivity index (χ3n) is 3.79. The maximum absolute atomic E-state index is 11.9. The van der Waals surface area contributed by atoms with E-state index >= 15 is 0 Å². The molecule has 2 aliphatic rings. The summed E-state index contributed by atoms with van der Waals surface area (Å²) < 4.78 is 0. The van der Waals surface area contributed by atoms with Gasteiger partial charge in [-0.3, -0.25) is 14.4 Å². The van der Waals surface area contributed by atoms with Gasteiger partial charge < -0.3 is 15.7 Å². The summed E-state index contributed by atoms with van der Waals surface area (Å²) >= 11 is 0. The van der Waals surface area contributed by atoms with Crippen molar-refractivity contribution >= 4 is 29.2 Å². The third kappa shape index (κ3) is 3.21. The number of aliphatic carboxylic acids is 1. The monoisotopic (exact) mass is 288 g/mol. The van der Waals surface area contributed by atoms with Crippen LogP contribution in [0.25, 0.3) is 0 Å². The van der Waals surface area contributed by atoms with Crippen LogP contribution in [0.1, 0.15) is 19.3 Å². The van der Waals surface area contributed by atoms with Crippen LogP contribution < -0.4 is 10.6 Å². The molecule has 1 aromatic rings. The molecular weight excluding hydrogens is 272 g/mol. The molecule has 3 N–H and O–H groups in total. The normalized spacial score (nSPS) is 23.2. The molecule has 3 rings (SSSR count). The van der Waals surface area contributed by atoms with Crippen LogP contribution in [0.2, 0.25) is 0 Å². The van der Waals surface area contributed by atoms with Crippen LogP contribution in [0.4, 0.5) is 11.4 Å².